The number of halogens is 2. The van der Waals surface area contributed by atoms with Crippen LogP contribution in [0.3, 0.4) is 0 Å². The number of unbranched alkanes of at least 4 members (excludes halogenated alkanes) is 3. The van der Waals surface area contributed by atoms with Gasteiger partial charge in [0.15, 0.2) is 17.5 Å². The summed E-state index contributed by atoms with van der Waals surface area (Å²) in [7, 11) is 0. The third-order valence-electron chi connectivity index (χ3n) is 15.7. The van der Waals surface area contributed by atoms with Crippen molar-refractivity contribution in [2.45, 2.75) is 96.8 Å². The van der Waals surface area contributed by atoms with E-state index in [-0.39, 0.29) is 10.8 Å². The summed E-state index contributed by atoms with van der Waals surface area (Å²) in [5.41, 5.74) is 21.0. The van der Waals surface area contributed by atoms with Gasteiger partial charge in [0.05, 0.1) is 5.41 Å². The minimum Gasteiger partial charge on any atom is -0.208 e. The predicted octanol–water partition coefficient (Wildman–Crippen LogP) is 20.5. The van der Waals surface area contributed by atoms with E-state index in [0.29, 0.717) is 17.5 Å². The first kappa shape index (κ1) is 52.0. The van der Waals surface area contributed by atoms with E-state index in [1.807, 2.05) is 0 Å². The number of benzene rings is 9. The lowest BCUT2D eigenvalue weighted by molar-refractivity contribution is 0.590. The van der Waals surface area contributed by atoms with Gasteiger partial charge in [0, 0.05) is 25.6 Å². The standard InChI is InChI=1S/C72H65Br2N3/c1-8-9-10-11-12-47-13-33-59(34-14-47)72(65-45-61(73)41-43-63(65)64-44-42-62(74)46-66(64)72)60-39-31-53(32-40-60)50-19-25-56(26-20-50)69-76-67(54-21-15-48(16-22-54)51-27-35-57(36-28-51)70(2,3)4)75-68(77-69)55-23-17-49(18-24-55)52-29-37-58(38-30-52)71(5,6)7/h13-46H,8-12H2,1-7H3. The highest BCUT2D eigenvalue weighted by Gasteiger charge is 2.46. The van der Waals surface area contributed by atoms with Crippen molar-refractivity contribution < 1.29 is 0 Å². The number of hydrogen-bond donors (Lipinski definition) is 0. The first-order valence-electron chi connectivity index (χ1n) is 27.3. The molecule has 0 spiro atoms. The van der Waals surface area contributed by atoms with Crippen molar-refractivity contribution in [2.24, 2.45) is 0 Å². The van der Waals surface area contributed by atoms with E-state index in [2.05, 4.69) is 287 Å². The highest BCUT2D eigenvalue weighted by Crippen LogP contribution is 2.57. The number of nitrogens with zero attached hydrogens (tertiary/aromatic N) is 3. The molecule has 11 rings (SSSR count). The largest absolute Gasteiger partial charge is 0.208 e. The van der Waals surface area contributed by atoms with E-state index in [4.69, 9.17) is 15.0 Å². The second-order valence-electron chi connectivity index (χ2n) is 22.9. The highest BCUT2D eigenvalue weighted by molar-refractivity contribution is 9.10. The minimum absolute atomic E-state index is 0.0955. The minimum atomic E-state index is -0.522. The quantitative estimate of drug-likeness (QED) is 0.108. The van der Waals surface area contributed by atoms with Gasteiger partial charge in [-0.3, -0.25) is 0 Å². The fraction of sp³-hybridized carbons (Fsp3) is 0.208. The van der Waals surface area contributed by atoms with Crippen LogP contribution in [0.25, 0.3) is 78.7 Å². The Morgan fingerprint density at radius 3 is 1.00 bits per heavy atom. The van der Waals surface area contributed by atoms with Crippen molar-refractivity contribution in [3.63, 3.8) is 0 Å². The zero-order valence-corrected chi connectivity index (χ0v) is 48.4. The van der Waals surface area contributed by atoms with E-state index in [1.54, 1.807) is 0 Å². The van der Waals surface area contributed by atoms with E-state index in [1.165, 1.54) is 86.9 Å². The molecule has 382 valence electrons. The number of aromatic nitrogens is 3. The van der Waals surface area contributed by atoms with Gasteiger partial charge in [-0.15, -0.1) is 0 Å². The number of rotatable bonds is 13. The van der Waals surface area contributed by atoms with Gasteiger partial charge >= 0.3 is 0 Å². The molecule has 0 aliphatic heterocycles. The van der Waals surface area contributed by atoms with Gasteiger partial charge in [-0.2, -0.15) is 0 Å². The van der Waals surface area contributed by atoms with Gasteiger partial charge in [-0.05, 0) is 131 Å². The molecular formula is C72H65Br2N3. The molecule has 0 unspecified atom stereocenters. The smallest absolute Gasteiger partial charge is 0.164 e. The molecule has 0 saturated carbocycles. The van der Waals surface area contributed by atoms with Gasteiger partial charge in [-0.1, -0.05) is 282 Å². The Balaban J connectivity index is 0.936. The van der Waals surface area contributed by atoms with Crippen LogP contribution in [0.2, 0.25) is 0 Å². The summed E-state index contributed by atoms with van der Waals surface area (Å²) in [6.07, 6.45) is 6.12. The molecule has 1 heterocycles. The van der Waals surface area contributed by atoms with Crippen LogP contribution in [0, 0.1) is 0 Å². The van der Waals surface area contributed by atoms with Crippen molar-refractivity contribution in [1.82, 2.24) is 15.0 Å². The summed E-state index contributed by atoms with van der Waals surface area (Å²) >= 11 is 7.76. The van der Waals surface area contributed by atoms with Gasteiger partial charge < -0.3 is 0 Å². The molecule has 0 fully saturated rings. The average Bonchev–Trinajstić information content (AvgIpc) is 3.78. The van der Waals surface area contributed by atoms with Crippen LogP contribution >= 0.6 is 31.9 Å². The molecule has 0 bridgehead atoms. The van der Waals surface area contributed by atoms with Crippen LogP contribution < -0.4 is 0 Å². The normalized spacial score (nSPS) is 12.8. The molecule has 0 atom stereocenters. The summed E-state index contributed by atoms with van der Waals surface area (Å²) in [6.45, 7) is 15.8. The van der Waals surface area contributed by atoms with E-state index in [0.717, 1.165) is 54.3 Å². The molecule has 3 nitrogen and oxygen atoms in total. The number of aryl methyl sites for hydroxylation is 1. The van der Waals surface area contributed by atoms with Crippen LogP contribution in [0.15, 0.2) is 215 Å². The molecule has 9 aromatic carbocycles. The Bertz CT molecular complexity index is 3530. The molecule has 1 aromatic heterocycles. The monoisotopic (exact) mass is 1130 g/mol. The molecule has 0 saturated heterocycles. The first-order chi connectivity index (χ1) is 37.1. The lowest BCUT2D eigenvalue weighted by atomic mass is 9.67. The SMILES string of the molecule is CCCCCCc1ccc(C2(c3ccc(-c4ccc(-c5nc(-c6ccc(-c7ccc(C(C)(C)C)cc7)cc6)nc(-c6ccc(-c7ccc(C(C)(C)C)cc7)cc6)n5)cc4)cc3)c3cc(Br)ccc3-c3ccc(Br)cc32)cc1. The Morgan fingerprint density at radius 1 is 0.351 bits per heavy atom. The lowest BCUT2D eigenvalue weighted by Crippen LogP contribution is -2.28. The number of fused-ring (bicyclic) bond motifs is 3. The molecule has 77 heavy (non-hydrogen) atoms. The third kappa shape index (κ3) is 10.6. The fourth-order valence-corrected chi connectivity index (χ4v) is 11.9. The third-order valence-corrected chi connectivity index (χ3v) is 16.6. The summed E-state index contributed by atoms with van der Waals surface area (Å²) in [4.78, 5) is 15.5. The zero-order chi connectivity index (χ0) is 53.5. The summed E-state index contributed by atoms with van der Waals surface area (Å²) in [6, 6.07) is 75.9. The van der Waals surface area contributed by atoms with Crippen molar-refractivity contribution in [1.29, 1.82) is 0 Å². The topological polar surface area (TPSA) is 38.7 Å². The van der Waals surface area contributed by atoms with E-state index < -0.39 is 5.41 Å². The summed E-state index contributed by atoms with van der Waals surface area (Å²) in [5.74, 6) is 1.89. The van der Waals surface area contributed by atoms with E-state index in [9.17, 15) is 0 Å². The lowest BCUT2D eigenvalue weighted by Gasteiger charge is -2.34. The molecule has 0 radical (unpaired) electrons. The van der Waals surface area contributed by atoms with Crippen LogP contribution in [0.4, 0.5) is 0 Å². The van der Waals surface area contributed by atoms with Crippen LogP contribution in [-0.4, -0.2) is 15.0 Å². The molecule has 5 heteroatoms. The molecule has 0 N–H and O–H groups in total. The fourth-order valence-electron chi connectivity index (χ4n) is 11.2. The molecular weight excluding hydrogens is 1070 g/mol. The van der Waals surface area contributed by atoms with Gasteiger partial charge in [-0.25, -0.2) is 15.0 Å². The van der Waals surface area contributed by atoms with Crippen LogP contribution in [-0.2, 0) is 22.7 Å². The van der Waals surface area contributed by atoms with Gasteiger partial charge in [0.1, 0.15) is 0 Å². The second-order valence-corrected chi connectivity index (χ2v) is 24.7. The molecule has 1 aliphatic rings. The van der Waals surface area contributed by atoms with Gasteiger partial charge in [0.25, 0.3) is 0 Å². The second kappa shape index (κ2) is 21.4. The van der Waals surface area contributed by atoms with Gasteiger partial charge in [0.2, 0.25) is 0 Å². The Morgan fingerprint density at radius 2 is 0.662 bits per heavy atom. The zero-order valence-electron chi connectivity index (χ0n) is 45.3. The van der Waals surface area contributed by atoms with Crippen molar-refractivity contribution in [3.05, 3.63) is 254 Å². The summed E-state index contributed by atoms with van der Waals surface area (Å²) < 4.78 is 2.14. The predicted molar refractivity (Wildman–Crippen MR) is 330 cm³/mol. The van der Waals surface area contributed by atoms with Crippen LogP contribution in [0.5, 0.6) is 0 Å². The van der Waals surface area contributed by atoms with Crippen molar-refractivity contribution in [3.8, 4) is 78.7 Å². The number of hydrogen-bond acceptors (Lipinski definition) is 3. The molecule has 1 aliphatic carbocycles. The summed E-state index contributed by atoms with van der Waals surface area (Å²) in [5, 5.41) is 0. The average molecular weight is 1130 g/mol. The first-order valence-corrected chi connectivity index (χ1v) is 28.8. The maximum Gasteiger partial charge on any atom is 0.164 e. The Hall–Kier alpha value is -7.05. The Labute approximate surface area is 473 Å². The van der Waals surface area contributed by atoms with Crippen molar-refractivity contribution >= 4 is 31.9 Å². The highest BCUT2D eigenvalue weighted by atomic mass is 79.9. The van der Waals surface area contributed by atoms with Crippen molar-refractivity contribution in [2.75, 3.05) is 0 Å². The van der Waals surface area contributed by atoms with E-state index >= 15 is 0 Å². The van der Waals surface area contributed by atoms with Crippen LogP contribution in [0.1, 0.15) is 113 Å². The molecule has 10 aromatic rings. The Kier molecular flexibility index (Phi) is 14.5. The maximum absolute atomic E-state index is 5.18. The molecule has 0 amide bonds. The maximum atomic E-state index is 5.18.